The molecule has 0 bridgehead atoms. The van der Waals surface area contributed by atoms with Crippen LogP contribution in [0.15, 0.2) is 104 Å². The van der Waals surface area contributed by atoms with Gasteiger partial charge >= 0.3 is 6.03 Å². The molecule has 260 valence electrons. The highest BCUT2D eigenvalue weighted by Gasteiger charge is 2.44. The minimum Gasteiger partial charge on any atom is -0.388 e. The zero-order chi connectivity index (χ0) is 35.3. The molecule has 0 spiro atoms. The summed E-state index contributed by atoms with van der Waals surface area (Å²) in [5, 5.41) is 42.5. The topological polar surface area (TPSA) is 217 Å². The molecule has 1 aliphatic carbocycles. The first-order valence-corrected chi connectivity index (χ1v) is 16.2. The number of imidazole rings is 2. The second kappa shape index (κ2) is 14.7. The van der Waals surface area contributed by atoms with Crippen LogP contribution in [0.5, 0.6) is 0 Å². The number of carbonyl (C=O) groups is 2. The van der Waals surface area contributed by atoms with E-state index in [1.807, 2.05) is 36.4 Å². The molecule has 7 rings (SSSR count). The molecular formula is C35H35N11O5. The Morgan fingerprint density at radius 2 is 1.63 bits per heavy atom. The number of pyridine rings is 1. The number of rotatable bonds is 11. The molecule has 2 aromatic carbocycles. The number of aromatic nitrogens is 7. The number of nitrogens with one attached hydrogen (secondary N) is 4. The molecule has 16 nitrogen and oxygen atoms in total. The monoisotopic (exact) mass is 689 g/mol. The third-order valence-electron chi connectivity index (χ3n) is 8.76. The van der Waals surface area contributed by atoms with Crippen molar-refractivity contribution in [2.24, 2.45) is 0 Å². The van der Waals surface area contributed by atoms with E-state index in [9.17, 15) is 24.9 Å². The lowest BCUT2D eigenvalue weighted by Crippen LogP contribution is -2.44. The smallest absolute Gasteiger partial charge is 0.324 e. The first-order valence-electron chi connectivity index (χ1n) is 16.2. The van der Waals surface area contributed by atoms with Gasteiger partial charge in [0.1, 0.15) is 25.1 Å². The number of hydrogen-bond acceptors (Lipinski definition) is 11. The standard InChI is InChI=1S/C35H35N11O5/c47-18-28(48)41-25-14-26(31(50)30(25)49)46-20-39-29-32(37-16-24(21-8-3-1-4-9-21)22-10-5-2-6-11-22)43-34(44-33(29)46)45-17-27(38-19-45)42-35(51)40-23-12-7-13-36-15-23/h1-13,15,17,19-20,24-26,30-31,47,49-50H,14,16,18H2,(H,41,48)(H,37,43,44)(H2,40,42,51). The number of benzene rings is 2. The number of hydrogen-bond donors (Lipinski definition) is 7. The summed E-state index contributed by atoms with van der Waals surface area (Å²) in [6, 6.07) is 21.5. The number of anilines is 3. The van der Waals surface area contributed by atoms with Gasteiger partial charge in [-0.3, -0.25) is 19.7 Å². The lowest BCUT2D eigenvalue weighted by Gasteiger charge is -2.20. The highest BCUT2D eigenvalue weighted by Crippen LogP contribution is 2.35. The van der Waals surface area contributed by atoms with Crippen LogP contribution in [0.3, 0.4) is 0 Å². The highest BCUT2D eigenvalue weighted by atomic mass is 16.3. The molecule has 1 fully saturated rings. The van der Waals surface area contributed by atoms with E-state index in [0.29, 0.717) is 29.2 Å². The van der Waals surface area contributed by atoms with Gasteiger partial charge in [0.2, 0.25) is 11.9 Å². The van der Waals surface area contributed by atoms with Gasteiger partial charge in [0.15, 0.2) is 22.8 Å². The number of carbonyl (C=O) groups excluding carboxylic acids is 2. The Hall–Kier alpha value is -6.23. The predicted octanol–water partition coefficient (Wildman–Crippen LogP) is 2.44. The SMILES string of the molecule is O=C(CO)NC1CC(n2cnc3c(NCC(c4ccccc4)c4ccccc4)nc(-n4cnc(NC(=O)Nc5cccnc5)c4)nc32)C(O)C1O. The Morgan fingerprint density at radius 1 is 0.882 bits per heavy atom. The summed E-state index contributed by atoms with van der Waals surface area (Å²) in [5.41, 5.74) is 3.47. The summed E-state index contributed by atoms with van der Waals surface area (Å²) in [7, 11) is 0. The number of amides is 3. The van der Waals surface area contributed by atoms with Gasteiger partial charge in [0.25, 0.3) is 0 Å². The van der Waals surface area contributed by atoms with Crippen LogP contribution in [0, 0.1) is 0 Å². The zero-order valence-corrected chi connectivity index (χ0v) is 27.1. The van der Waals surface area contributed by atoms with Crippen molar-refractivity contribution in [3.8, 4) is 5.95 Å². The van der Waals surface area contributed by atoms with Crippen LogP contribution >= 0.6 is 0 Å². The number of aliphatic hydroxyl groups excluding tert-OH is 3. The van der Waals surface area contributed by atoms with E-state index in [-0.39, 0.29) is 24.1 Å². The molecule has 0 radical (unpaired) electrons. The van der Waals surface area contributed by atoms with Gasteiger partial charge in [-0.05, 0) is 29.7 Å². The average Bonchev–Trinajstić information content (AvgIpc) is 3.87. The maximum atomic E-state index is 12.6. The molecule has 7 N–H and O–H groups in total. The van der Waals surface area contributed by atoms with Gasteiger partial charge in [-0.25, -0.2) is 14.8 Å². The maximum Gasteiger partial charge on any atom is 0.324 e. The molecule has 1 aliphatic rings. The van der Waals surface area contributed by atoms with Crippen molar-refractivity contribution in [1.82, 2.24) is 39.4 Å². The van der Waals surface area contributed by atoms with Gasteiger partial charge in [-0.2, -0.15) is 9.97 Å². The molecule has 0 aliphatic heterocycles. The Labute approximate surface area is 291 Å². The lowest BCUT2D eigenvalue weighted by atomic mass is 9.91. The average molecular weight is 690 g/mol. The van der Waals surface area contributed by atoms with E-state index in [4.69, 9.17) is 9.97 Å². The van der Waals surface area contributed by atoms with Gasteiger partial charge in [-0.1, -0.05) is 60.7 Å². The van der Waals surface area contributed by atoms with Crippen molar-refractivity contribution in [1.29, 1.82) is 0 Å². The fraction of sp³-hybridized carbons (Fsp3) is 0.229. The molecule has 6 aromatic rings. The largest absolute Gasteiger partial charge is 0.388 e. The second-order valence-electron chi connectivity index (χ2n) is 12.1. The molecule has 0 saturated heterocycles. The number of urea groups is 1. The summed E-state index contributed by atoms with van der Waals surface area (Å²) < 4.78 is 3.19. The lowest BCUT2D eigenvalue weighted by molar-refractivity contribution is -0.125. The van der Waals surface area contributed by atoms with Crippen LogP contribution in [0.4, 0.5) is 22.1 Å². The van der Waals surface area contributed by atoms with Gasteiger partial charge in [0, 0.05) is 18.7 Å². The molecule has 16 heteroatoms. The maximum absolute atomic E-state index is 12.6. The van der Waals surface area contributed by atoms with Crippen LogP contribution in [-0.4, -0.2) is 92.7 Å². The third kappa shape index (κ3) is 7.23. The van der Waals surface area contributed by atoms with E-state index in [1.54, 1.807) is 29.1 Å². The summed E-state index contributed by atoms with van der Waals surface area (Å²) in [5.74, 6) is 0.111. The van der Waals surface area contributed by atoms with Crippen LogP contribution in [0.2, 0.25) is 0 Å². The van der Waals surface area contributed by atoms with Crippen LogP contribution < -0.4 is 21.3 Å². The summed E-state index contributed by atoms with van der Waals surface area (Å²) in [6.45, 7) is -0.304. The van der Waals surface area contributed by atoms with Gasteiger partial charge in [0.05, 0.1) is 36.5 Å². The minimum atomic E-state index is -1.29. The quantitative estimate of drug-likeness (QED) is 0.105. The Morgan fingerprint density at radius 3 is 2.31 bits per heavy atom. The molecule has 3 amide bonds. The first-order chi connectivity index (χ1) is 24.9. The zero-order valence-electron chi connectivity index (χ0n) is 27.1. The predicted molar refractivity (Wildman–Crippen MR) is 187 cm³/mol. The molecule has 4 heterocycles. The molecule has 4 atom stereocenters. The fourth-order valence-corrected chi connectivity index (χ4v) is 6.28. The normalized spacial score (nSPS) is 18.5. The van der Waals surface area contributed by atoms with Crippen molar-refractivity contribution in [3.63, 3.8) is 0 Å². The van der Waals surface area contributed by atoms with Crippen molar-refractivity contribution in [2.45, 2.75) is 36.6 Å². The van der Waals surface area contributed by atoms with Crippen LogP contribution in [-0.2, 0) is 4.79 Å². The molecule has 51 heavy (non-hydrogen) atoms. The number of fused-ring (bicyclic) bond motifs is 1. The molecular weight excluding hydrogens is 654 g/mol. The third-order valence-corrected chi connectivity index (χ3v) is 8.76. The van der Waals surface area contributed by atoms with Gasteiger partial charge < -0.3 is 35.8 Å². The summed E-state index contributed by atoms with van der Waals surface area (Å²) >= 11 is 0. The van der Waals surface area contributed by atoms with Crippen LogP contribution in [0.25, 0.3) is 17.1 Å². The Balaban J connectivity index is 1.23. The summed E-state index contributed by atoms with van der Waals surface area (Å²) in [4.78, 5) is 47.1. The Bertz CT molecular complexity index is 2070. The van der Waals surface area contributed by atoms with Crippen molar-refractivity contribution < 1.29 is 24.9 Å². The van der Waals surface area contributed by atoms with E-state index in [2.05, 4.69) is 60.5 Å². The molecule has 4 aromatic heterocycles. The summed E-state index contributed by atoms with van der Waals surface area (Å²) in [6.07, 6.45) is 5.22. The van der Waals surface area contributed by atoms with E-state index < -0.39 is 42.8 Å². The minimum absolute atomic E-state index is 0.0481. The highest BCUT2D eigenvalue weighted by molar-refractivity contribution is 5.99. The van der Waals surface area contributed by atoms with E-state index in [0.717, 1.165) is 11.1 Å². The van der Waals surface area contributed by atoms with E-state index >= 15 is 0 Å². The second-order valence-corrected chi connectivity index (χ2v) is 12.1. The fourth-order valence-electron chi connectivity index (χ4n) is 6.28. The number of nitrogens with zero attached hydrogens (tertiary/aromatic N) is 7. The van der Waals surface area contributed by atoms with E-state index in [1.165, 1.54) is 23.4 Å². The first kappa shape index (κ1) is 33.3. The molecule has 4 unspecified atom stereocenters. The van der Waals surface area contributed by atoms with Crippen molar-refractivity contribution in [2.75, 3.05) is 29.1 Å². The van der Waals surface area contributed by atoms with Gasteiger partial charge in [-0.15, -0.1) is 0 Å². The Kier molecular flexibility index (Phi) is 9.60. The van der Waals surface area contributed by atoms with Crippen molar-refractivity contribution in [3.05, 3.63) is 115 Å². The van der Waals surface area contributed by atoms with Crippen molar-refractivity contribution >= 4 is 40.4 Å². The molecule has 1 saturated carbocycles. The van der Waals surface area contributed by atoms with Crippen LogP contribution in [0.1, 0.15) is 29.5 Å². The number of aliphatic hydroxyl groups is 3.